The molecule has 39 heavy (non-hydrogen) atoms. The van der Waals surface area contributed by atoms with E-state index >= 15 is 0 Å². The van der Waals surface area contributed by atoms with E-state index in [2.05, 4.69) is 25.5 Å². The maximum atomic E-state index is 14.1. The minimum Gasteiger partial charge on any atom is -0.378 e. The summed E-state index contributed by atoms with van der Waals surface area (Å²) >= 11 is 0. The Morgan fingerprint density at radius 2 is 1.92 bits per heavy atom. The van der Waals surface area contributed by atoms with Gasteiger partial charge in [0.25, 0.3) is 5.56 Å². The lowest BCUT2D eigenvalue weighted by molar-refractivity contribution is -0.138. The average Bonchev–Trinajstić information content (AvgIpc) is 3.30. The fourth-order valence-electron chi connectivity index (χ4n) is 4.32. The number of aromatic amines is 1. The van der Waals surface area contributed by atoms with Gasteiger partial charge in [0.2, 0.25) is 5.95 Å². The molecule has 1 aliphatic heterocycles. The molecular weight excluding hydrogens is 520 g/mol. The Morgan fingerprint density at radius 3 is 2.67 bits per heavy atom. The number of benzene rings is 1. The number of nitrogens with zero attached hydrogens (tertiary/aromatic N) is 6. The predicted molar refractivity (Wildman–Crippen MR) is 133 cm³/mol. The van der Waals surface area contributed by atoms with Crippen LogP contribution < -0.4 is 15.8 Å². The van der Waals surface area contributed by atoms with Gasteiger partial charge in [0.15, 0.2) is 0 Å². The van der Waals surface area contributed by atoms with Crippen molar-refractivity contribution in [3.05, 3.63) is 82.0 Å². The van der Waals surface area contributed by atoms with Crippen LogP contribution in [0.1, 0.15) is 23.9 Å². The van der Waals surface area contributed by atoms with Crippen LogP contribution >= 0.6 is 0 Å². The summed E-state index contributed by atoms with van der Waals surface area (Å²) < 4.78 is 61.3. The molecule has 4 aromatic rings. The van der Waals surface area contributed by atoms with Crippen LogP contribution in [-0.2, 0) is 30.6 Å². The van der Waals surface area contributed by atoms with E-state index in [1.165, 1.54) is 6.07 Å². The molecule has 0 spiro atoms. The summed E-state index contributed by atoms with van der Waals surface area (Å²) in [5.74, 6) is 0.182. The molecule has 0 aliphatic carbocycles. The minimum atomic E-state index is -4.82. The Bertz CT molecular complexity index is 1500. The molecule has 0 saturated heterocycles. The van der Waals surface area contributed by atoms with Crippen molar-refractivity contribution >= 4 is 11.6 Å². The number of aromatic nitrogens is 6. The van der Waals surface area contributed by atoms with E-state index in [1.807, 2.05) is 15.6 Å². The number of nitrogens with one attached hydrogen (secondary N) is 2. The summed E-state index contributed by atoms with van der Waals surface area (Å²) in [6.45, 7) is 3.59. The summed E-state index contributed by atoms with van der Waals surface area (Å²) in [5.41, 5.74) is -0.437. The van der Waals surface area contributed by atoms with Crippen molar-refractivity contribution in [2.45, 2.75) is 38.8 Å². The Balaban J connectivity index is 1.16. The number of halogens is 4. The van der Waals surface area contributed by atoms with Gasteiger partial charge in [0.05, 0.1) is 49.6 Å². The van der Waals surface area contributed by atoms with Crippen LogP contribution in [-0.4, -0.2) is 49.1 Å². The van der Waals surface area contributed by atoms with E-state index < -0.39 is 29.0 Å². The number of alkyl halides is 3. The quantitative estimate of drug-likeness (QED) is 0.324. The molecule has 0 saturated carbocycles. The predicted octanol–water partition coefficient (Wildman–Crippen LogP) is 3.62. The number of fused-ring (bicyclic) bond motifs is 1. The van der Waals surface area contributed by atoms with Crippen LogP contribution in [0.4, 0.5) is 29.2 Å². The first kappa shape index (κ1) is 26.3. The van der Waals surface area contributed by atoms with Crippen molar-refractivity contribution in [3.8, 4) is 11.1 Å². The molecule has 14 heteroatoms. The number of rotatable bonds is 8. The van der Waals surface area contributed by atoms with E-state index in [9.17, 15) is 22.4 Å². The first-order chi connectivity index (χ1) is 18.7. The standard InChI is InChI=1S/C25H24F4N8O2/c1-15(33-21-11-32-34-23(38)22(21)25(27,28)29)13-39-14-17-8-18-12-36(6-7-37(18)35-17)24-30-9-16(10-31-24)19-4-2-3-5-20(19)26/h2-5,8-11,15H,6-7,12-14H2,1H3,(H2,33,34,38). The fourth-order valence-corrected chi connectivity index (χ4v) is 4.32. The highest BCUT2D eigenvalue weighted by Gasteiger charge is 2.37. The second kappa shape index (κ2) is 10.8. The smallest absolute Gasteiger partial charge is 0.378 e. The molecule has 2 N–H and O–H groups in total. The first-order valence-corrected chi connectivity index (χ1v) is 12.1. The maximum Gasteiger partial charge on any atom is 0.423 e. The molecule has 0 bridgehead atoms. The first-order valence-electron chi connectivity index (χ1n) is 12.1. The molecule has 1 atom stereocenters. The lowest BCUT2D eigenvalue weighted by Crippen LogP contribution is -2.34. The highest BCUT2D eigenvalue weighted by atomic mass is 19.4. The summed E-state index contributed by atoms with van der Waals surface area (Å²) in [5, 5.41) is 12.4. The highest BCUT2D eigenvalue weighted by molar-refractivity contribution is 5.62. The van der Waals surface area contributed by atoms with E-state index in [0.717, 1.165) is 11.9 Å². The van der Waals surface area contributed by atoms with Crippen LogP contribution in [0.15, 0.2) is 53.7 Å². The van der Waals surface area contributed by atoms with Gasteiger partial charge in [-0.25, -0.2) is 19.5 Å². The number of anilines is 2. The van der Waals surface area contributed by atoms with Gasteiger partial charge in [-0.2, -0.15) is 23.4 Å². The van der Waals surface area contributed by atoms with Crippen molar-refractivity contribution in [3.63, 3.8) is 0 Å². The maximum absolute atomic E-state index is 14.1. The SMILES string of the molecule is CC(COCc1cc2n(n1)CCN(c1ncc(-c3ccccc3F)cn1)C2)Nc1cn[nH]c(=O)c1C(F)(F)F. The zero-order chi connectivity index (χ0) is 27.6. The van der Waals surface area contributed by atoms with Crippen LogP contribution in [0.2, 0.25) is 0 Å². The molecule has 0 amide bonds. The lowest BCUT2D eigenvalue weighted by Gasteiger charge is -2.27. The van der Waals surface area contributed by atoms with Gasteiger partial charge < -0.3 is 15.0 Å². The molecule has 1 unspecified atom stereocenters. The average molecular weight is 545 g/mol. The third kappa shape index (κ3) is 5.90. The molecule has 1 aromatic carbocycles. The molecular formula is C25H24F4N8O2. The number of ether oxygens (including phenoxy) is 1. The summed E-state index contributed by atoms with van der Waals surface area (Å²) in [6, 6.07) is 7.80. The van der Waals surface area contributed by atoms with Gasteiger partial charge in [0, 0.05) is 36.1 Å². The fraction of sp³-hybridized carbons (Fsp3) is 0.320. The van der Waals surface area contributed by atoms with Gasteiger partial charge in [0.1, 0.15) is 11.4 Å². The largest absolute Gasteiger partial charge is 0.423 e. The summed E-state index contributed by atoms with van der Waals surface area (Å²) in [4.78, 5) is 22.5. The van der Waals surface area contributed by atoms with Gasteiger partial charge in [-0.05, 0) is 19.1 Å². The molecule has 204 valence electrons. The number of hydrogen-bond donors (Lipinski definition) is 2. The van der Waals surface area contributed by atoms with Crippen LogP contribution in [0.3, 0.4) is 0 Å². The molecule has 10 nitrogen and oxygen atoms in total. The molecule has 0 radical (unpaired) electrons. The Hall–Kier alpha value is -4.33. The third-order valence-electron chi connectivity index (χ3n) is 6.11. The molecule has 1 aliphatic rings. The van der Waals surface area contributed by atoms with Crippen LogP contribution in [0.5, 0.6) is 0 Å². The van der Waals surface area contributed by atoms with Crippen molar-refractivity contribution in [1.29, 1.82) is 0 Å². The highest BCUT2D eigenvalue weighted by Crippen LogP contribution is 2.31. The second-order valence-electron chi connectivity index (χ2n) is 9.07. The topological polar surface area (TPSA) is 114 Å². The van der Waals surface area contributed by atoms with E-state index in [4.69, 9.17) is 4.74 Å². The van der Waals surface area contributed by atoms with Crippen LogP contribution in [0, 0.1) is 5.82 Å². The third-order valence-corrected chi connectivity index (χ3v) is 6.11. The zero-order valence-electron chi connectivity index (χ0n) is 20.7. The minimum absolute atomic E-state index is 0.0701. The molecule has 4 heterocycles. The lowest BCUT2D eigenvalue weighted by atomic mass is 10.1. The Kier molecular flexibility index (Phi) is 7.28. The van der Waals surface area contributed by atoms with Gasteiger partial charge in [-0.3, -0.25) is 9.48 Å². The van der Waals surface area contributed by atoms with Gasteiger partial charge >= 0.3 is 6.18 Å². The molecule has 0 fully saturated rings. The summed E-state index contributed by atoms with van der Waals surface area (Å²) in [7, 11) is 0. The van der Waals surface area contributed by atoms with Crippen molar-refractivity contribution in [2.75, 3.05) is 23.4 Å². The van der Waals surface area contributed by atoms with Crippen molar-refractivity contribution in [1.82, 2.24) is 29.9 Å². The van der Waals surface area contributed by atoms with E-state index in [-0.39, 0.29) is 19.0 Å². The Morgan fingerprint density at radius 1 is 1.15 bits per heavy atom. The zero-order valence-corrected chi connectivity index (χ0v) is 20.7. The molecule has 3 aromatic heterocycles. The molecule has 5 rings (SSSR count). The van der Waals surface area contributed by atoms with Crippen LogP contribution in [0.25, 0.3) is 11.1 Å². The van der Waals surface area contributed by atoms with Crippen molar-refractivity contribution in [2.24, 2.45) is 0 Å². The second-order valence-corrected chi connectivity index (χ2v) is 9.07. The van der Waals surface area contributed by atoms with Crippen molar-refractivity contribution < 1.29 is 22.3 Å². The monoisotopic (exact) mass is 544 g/mol. The normalized spacial score (nSPS) is 14.2. The van der Waals surface area contributed by atoms with E-state index in [1.54, 1.807) is 42.6 Å². The number of H-pyrrole nitrogens is 1. The number of hydrogen-bond acceptors (Lipinski definition) is 8. The summed E-state index contributed by atoms with van der Waals surface area (Å²) in [6.07, 6.45) is -0.705. The van der Waals surface area contributed by atoms with Gasteiger partial charge in [-0.15, -0.1) is 0 Å². The Labute approximate surface area is 219 Å². The van der Waals surface area contributed by atoms with Gasteiger partial charge in [-0.1, -0.05) is 18.2 Å². The van der Waals surface area contributed by atoms with E-state index in [0.29, 0.717) is 42.4 Å².